The summed E-state index contributed by atoms with van der Waals surface area (Å²) >= 11 is 0. The van der Waals surface area contributed by atoms with E-state index < -0.39 is 0 Å². The van der Waals surface area contributed by atoms with E-state index in [9.17, 15) is 9.18 Å². The molecule has 0 aliphatic carbocycles. The third kappa shape index (κ3) is 4.58. The Morgan fingerprint density at radius 3 is 2.71 bits per heavy atom. The molecule has 2 N–H and O–H groups in total. The highest BCUT2D eigenvalue weighted by atomic mass is 35.5. The van der Waals surface area contributed by atoms with Gasteiger partial charge in [0.25, 0.3) is 0 Å². The third-order valence-electron chi connectivity index (χ3n) is 3.73. The summed E-state index contributed by atoms with van der Waals surface area (Å²) in [6, 6.07) is 4.07. The number of carbonyl (C=O) groups is 1. The molecule has 1 aliphatic heterocycles. The Hall–Kier alpha value is -1.33. The molecule has 1 saturated heterocycles. The van der Waals surface area contributed by atoms with Crippen molar-refractivity contribution < 1.29 is 13.9 Å². The van der Waals surface area contributed by atoms with E-state index in [0.29, 0.717) is 11.3 Å². The van der Waals surface area contributed by atoms with Gasteiger partial charge < -0.3 is 15.4 Å². The molecular formula is C15H22ClFN2O2. The molecule has 21 heavy (non-hydrogen) atoms. The molecule has 0 bridgehead atoms. The minimum absolute atomic E-state index is 0. The fourth-order valence-electron chi connectivity index (χ4n) is 2.54. The van der Waals surface area contributed by atoms with E-state index in [-0.39, 0.29) is 36.1 Å². The zero-order valence-corrected chi connectivity index (χ0v) is 13.1. The van der Waals surface area contributed by atoms with Crippen LogP contribution in [0.15, 0.2) is 18.2 Å². The Kier molecular flexibility index (Phi) is 6.92. The van der Waals surface area contributed by atoms with Crippen molar-refractivity contribution in [1.82, 2.24) is 10.6 Å². The smallest absolute Gasteiger partial charge is 0.223 e. The maximum Gasteiger partial charge on any atom is 0.223 e. The molecule has 0 aromatic heterocycles. The second-order valence-corrected chi connectivity index (χ2v) is 5.14. The van der Waals surface area contributed by atoms with Gasteiger partial charge >= 0.3 is 0 Å². The standard InChI is InChI=1S/C15H21FN2O2.ClH/c1-10(13-9-12(16)3-4-14(13)20-2)18-15(19)11-5-7-17-8-6-11;/h3-4,9-11,17H,5-8H2,1-2H3,(H,18,19);1H. The summed E-state index contributed by atoms with van der Waals surface area (Å²) in [5.41, 5.74) is 0.662. The van der Waals surface area contributed by atoms with Crippen LogP contribution < -0.4 is 15.4 Å². The lowest BCUT2D eigenvalue weighted by atomic mass is 9.96. The van der Waals surface area contributed by atoms with E-state index in [1.165, 1.54) is 19.2 Å². The second-order valence-electron chi connectivity index (χ2n) is 5.14. The molecule has 4 nitrogen and oxygen atoms in total. The molecule has 1 atom stereocenters. The van der Waals surface area contributed by atoms with Crippen LogP contribution in [-0.4, -0.2) is 26.1 Å². The number of halogens is 2. The summed E-state index contributed by atoms with van der Waals surface area (Å²) < 4.78 is 18.6. The first kappa shape index (κ1) is 17.7. The summed E-state index contributed by atoms with van der Waals surface area (Å²) in [6.45, 7) is 3.59. The van der Waals surface area contributed by atoms with E-state index in [4.69, 9.17) is 4.74 Å². The Morgan fingerprint density at radius 1 is 1.43 bits per heavy atom. The number of amides is 1. The Balaban J connectivity index is 0.00000220. The number of carbonyl (C=O) groups excluding carboxylic acids is 1. The van der Waals surface area contributed by atoms with Gasteiger partial charge in [0.2, 0.25) is 5.91 Å². The van der Waals surface area contributed by atoms with Crippen LogP contribution in [0.3, 0.4) is 0 Å². The van der Waals surface area contributed by atoms with Gasteiger partial charge in [-0.1, -0.05) is 0 Å². The Morgan fingerprint density at radius 2 is 2.10 bits per heavy atom. The number of hydrogen-bond donors (Lipinski definition) is 2. The van der Waals surface area contributed by atoms with Gasteiger partial charge in [-0.3, -0.25) is 4.79 Å². The van der Waals surface area contributed by atoms with Gasteiger partial charge in [0.05, 0.1) is 13.2 Å². The number of piperidine rings is 1. The third-order valence-corrected chi connectivity index (χ3v) is 3.73. The van der Waals surface area contributed by atoms with E-state index in [1.807, 2.05) is 6.92 Å². The molecule has 118 valence electrons. The predicted octanol–water partition coefficient (Wildman–Crippen LogP) is 2.43. The lowest BCUT2D eigenvalue weighted by Crippen LogP contribution is -2.39. The lowest BCUT2D eigenvalue weighted by molar-refractivity contribution is -0.126. The van der Waals surface area contributed by atoms with Crippen LogP contribution >= 0.6 is 12.4 Å². The normalized spacial score (nSPS) is 16.7. The van der Waals surface area contributed by atoms with Crippen molar-refractivity contribution in [3.05, 3.63) is 29.6 Å². The number of benzene rings is 1. The second kappa shape index (κ2) is 8.20. The first-order valence-electron chi connectivity index (χ1n) is 6.96. The lowest BCUT2D eigenvalue weighted by Gasteiger charge is -2.24. The largest absolute Gasteiger partial charge is 0.496 e. The average Bonchev–Trinajstić information content (AvgIpc) is 2.48. The minimum atomic E-state index is -0.330. The van der Waals surface area contributed by atoms with E-state index >= 15 is 0 Å². The summed E-state index contributed by atoms with van der Waals surface area (Å²) in [5, 5.41) is 6.19. The van der Waals surface area contributed by atoms with Gasteiger partial charge in [0.15, 0.2) is 0 Å². The fraction of sp³-hybridized carbons (Fsp3) is 0.533. The van der Waals surface area contributed by atoms with Gasteiger partial charge in [-0.25, -0.2) is 4.39 Å². The summed E-state index contributed by atoms with van der Waals surface area (Å²) in [6.07, 6.45) is 1.69. The van der Waals surface area contributed by atoms with Crippen molar-refractivity contribution in [3.63, 3.8) is 0 Å². The van der Waals surface area contributed by atoms with Crippen LogP contribution in [0.2, 0.25) is 0 Å². The van der Waals surface area contributed by atoms with Gasteiger partial charge in [-0.2, -0.15) is 0 Å². The van der Waals surface area contributed by atoms with Crippen LogP contribution in [0.4, 0.5) is 4.39 Å². The van der Waals surface area contributed by atoms with Crippen molar-refractivity contribution in [2.75, 3.05) is 20.2 Å². The molecule has 1 aliphatic rings. The van der Waals surface area contributed by atoms with E-state index in [1.54, 1.807) is 6.07 Å². The summed E-state index contributed by atoms with van der Waals surface area (Å²) in [4.78, 5) is 12.2. The molecule has 1 amide bonds. The predicted molar refractivity (Wildman–Crippen MR) is 82.4 cm³/mol. The Labute approximate surface area is 130 Å². The monoisotopic (exact) mass is 316 g/mol. The average molecular weight is 317 g/mol. The summed E-state index contributed by atoms with van der Waals surface area (Å²) in [5.74, 6) is 0.330. The van der Waals surface area contributed by atoms with Gasteiger partial charge in [-0.05, 0) is 51.1 Å². The SMILES string of the molecule is COc1ccc(F)cc1C(C)NC(=O)C1CCNCC1.Cl. The van der Waals surface area contributed by atoms with Gasteiger partial charge in [0.1, 0.15) is 11.6 Å². The highest BCUT2D eigenvalue weighted by Crippen LogP contribution is 2.26. The molecule has 1 heterocycles. The van der Waals surface area contributed by atoms with E-state index in [0.717, 1.165) is 25.9 Å². The van der Waals surface area contributed by atoms with Crippen molar-refractivity contribution in [2.45, 2.75) is 25.8 Å². The minimum Gasteiger partial charge on any atom is -0.496 e. The molecule has 6 heteroatoms. The van der Waals surface area contributed by atoms with Crippen molar-refractivity contribution in [2.24, 2.45) is 5.92 Å². The van der Waals surface area contributed by atoms with Crippen molar-refractivity contribution in [3.8, 4) is 5.75 Å². The van der Waals surface area contributed by atoms with Crippen LogP contribution in [0.5, 0.6) is 5.75 Å². The first-order valence-corrected chi connectivity index (χ1v) is 6.96. The van der Waals surface area contributed by atoms with Crippen LogP contribution in [0.25, 0.3) is 0 Å². The number of hydrogen-bond acceptors (Lipinski definition) is 3. The van der Waals surface area contributed by atoms with Crippen LogP contribution in [0.1, 0.15) is 31.4 Å². The highest BCUT2D eigenvalue weighted by Gasteiger charge is 2.23. The van der Waals surface area contributed by atoms with Gasteiger partial charge in [0, 0.05) is 11.5 Å². The van der Waals surface area contributed by atoms with Crippen molar-refractivity contribution >= 4 is 18.3 Å². The number of ether oxygens (including phenoxy) is 1. The zero-order valence-electron chi connectivity index (χ0n) is 12.3. The fourth-order valence-corrected chi connectivity index (χ4v) is 2.54. The quantitative estimate of drug-likeness (QED) is 0.897. The zero-order chi connectivity index (χ0) is 14.5. The number of nitrogens with one attached hydrogen (secondary N) is 2. The van der Waals surface area contributed by atoms with Gasteiger partial charge in [-0.15, -0.1) is 12.4 Å². The molecule has 1 unspecified atom stereocenters. The maximum atomic E-state index is 13.4. The molecule has 0 radical (unpaired) electrons. The maximum absolute atomic E-state index is 13.4. The highest BCUT2D eigenvalue weighted by molar-refractivity contribution is 5.85. The molecule has 2 rings (SSSR count). The number of methoxy groups -OCH3 is 1. The molecule has 1 aromatic carbocycles. The molecule has 1 aromatic rings. The first-order chi connectivity index (χ1) is 9.61. The molecule has 1 fully saturated rings. The number of rotatable bonds is 4. The molecule has 0 saturated carbocycles. The van der Waals surface area contributed by atoms with Crippen LogP contribution in [0, 0.1) is 11.7 Å². The molecular weight excluding hydrogens is 295 g/mol. The van der Waals surface area contributed by atoms with Crippen molar-refractivity contribution in [1.29, 1.82) is 0 Å². The van der Waals surface area contributed by atoms with E-state index in [2.05, 4.69) is 10.6 Å². The topological polar surface area (TPSA) is 50.4 Å². The van der Waals surface area contributed by atoms with Crippen LogP contribution in [-0.2, 0) is 4.79 Å². The Bertz CT molecular complexity index is 479. The molecule has 0 spiro atoms. The summed E-state index contributed by atoms with van der Waals surface area (Å²) in [7, 11) is 1.54.